The topological polar surface area (TPSA) is 97.0 Å². The molecule has 1 heterocycles. The van der Waals surface area contributed by atoms with Crippen molar-refractivity contribution in [3.63, 3.8) is 0 Å². The number of halogens is 2. The molecule has 190 valence electrons. The Bertz CT molecular complexity index is 1360. The predicted molar refractivity (Wildman–Crippen MR) is 139 cm³/mol. The van der Waals surface area contributed by atoms with Gasteiger partial charge in [-0.15, -0.1) is 0 Å². The van der Waals surface area contributed by atoms with E-state index in [1.165, 1.54) is 24.3 Å². The van der Waals surface area contributed by atoms with Gasteiger partial charge in [0.15, 0.2) is 11.5 Å². The Hall–Kier alpha value is -4.18. The molecule has 8 nitrogen and oxygen atoms in total. The Labute approximate surface area is 221 Å². The summed E-state index contributed by atoms with van der Waals surface area (Å²) in [5.74, 6) is -1.06. The van der Waals surface area contributed by atoms with Crippen molar-refractivity contribution in [1.29, 1.82) is 0 Å². The number of anilines is 1. The van der Waals surface area contributed by atoms with Gasteiger partial charge in [0, 0.05) is 4.47 Å². The number of urea groups is 1. The highest BCUT2D eigenvalue weighted by molar-refractivity contribution is 9.10. The van der Waals surface area contributed by atoms with Crippen LogP contribution in [0.5, 0.6) is 11.5 Å². The van der Waals surface area contributed by atoms with Crippen LogP contribution < -0.4 is 20.1 Å². The lowest BCUT2D eigenvalue weighted by Crippen LogP contribution is -2.38. The molecule has 3 aromatic carbocycles. The van der Waals surface area contributed by atoms with Crippen LogP contribution in [-0.4, -0.2) is 35.9 Å². The van der Waals surface area contributed by atoms with E-state index in [9.17, 15) is 18.8 Å². The van der Waals surface area contributed by atoms with Crippen LogP contribution in [0.25, 0.3) is 6.08 Å². The maximum Gasteiger partial charge on any atom is 0.329 e. The largest absolute Gasteiger partial charge is 0.490 e. The van der Waals surface area contributed by atoms with Crippen LogP contribution in [0.15, 0.2) is 76.9 Å². The van der Waals surface area contributed by atoms with Crippen molar-refractivity contribution in [2.45, 2.75) is 13.5 Å². The van der Waals surface area contributed by atoms with Gasteiger partial charge in [0.25, 0.3) is 5.91 Å². The lowest BCUT2D eigenvalue weighted by molar-refractivity contribution is -0.127. The van der Waals surface area contributed by atoms with Crippen molar-refractivity contribution in [3.8, 4) is 11.5 Å². The van der Waals surface area contributed by atoms with Crippen molar-refractivity contribution in [1.82, 2.24) is 10.2 Å². The zero-order valence-corrected chi connectivity index (χ0v) is 21.4. The Kier molecular flexibility index (Phi) is 8.19. The fraction of sp³-hybridized carbons (Fsp3) is 0.148. The smallest absolute Gasteiger partial charge is 0.329 e. The van der Waals surface area contributed by atoms with Gasteiger partial charge in [0.1, 0.15) is 24.7 Å². The highest BCUT2D eigenvalue weighted by Gasteiger charge is 2.35. The van der Waals surface area contributed by atoms with Crippen molar-refractivity contribution >= 4 is 45.5 Å². The first-order valence-electron chi connectivity index (χ1n) is 11.4. The highest BCUT2D eigenvalue weighted by Crippen LogP contribution is 2.35. The molecule has 1 fully saturated rings. The molecule has 1 saturated heterocycles. The molecular formula is C27H23BrFN3O5. The van der Waals surface area contributed by atoms with Crippen molar-refractivity contribution in [2.24, 2.45) is 0 Å². The Morgan fingerprint density at radius 1 is 1.05 bits per heavy atom. The summed E-state index contributed by atoms with van der Waals surface area (Å²) in [7, 11) is 0. The third-order valence-electron chi connectivity index (χ3n) is 5.31. The number of nitrogens with one attached hydrogen (secondary N) is 2. The number of nitrogens with zero attached hydrogens (tertiary/aromatic N) is 1. The second kappa shape index (κ2) is 11.7. The van der Waals surface area contributed by atoms with Crippen LogP contribution in [0.1, 0.15) is 18.1 Å². The van der Waals surface area contributed by atoms with Crippen LogP contribution in [0.4, 0.5) is 14.9 Å². The van der Waals surface area contributed by atoms with Crippen molar-refractivity contribution in [3.05, 3.63) is 93.8 Å². The molecule has 0 radical (unpaired) electrons. The number of ether oxygens (including phenoxy) is 2. The number of carbonyl (C=O) groups is 3. The number of amides is 4. The van der Waals surface area contributed by atoms with Gasteiger partial charge < -0.3 is 20.1 Å². The molecule has 0 atom stereocenters. The molecule has 0 bridgehead atoms. The molecule has 0 aromatic heterocycles. The fourth-order valence-electron chi connectivity index (χ4n) is 3.54. The molecule has 4 rings (SSSR count). The van der Waals surface area contributed by atoms with E-state index < -0.39 is 30.2 Å². The molecular weight excluding hydrogens is 545 g/mol. The minimum atomic E-state index is -0.760. The second-order valence-electron chi connectivity index (χ2n) is 7.94. The van der Waals surface area contributed by atoms with Gasteiger partial charge in [-0.25, -0.2) is 14.1 Å². The van der Waals surface area contributed by atoms with Crippen LogP contribution >= 0.6 is 15.9 Å². The van der Waals surface area contributed by atoms with Crippen LogP contribution in [-0.2, 0) is 16.2 Å². The molecule has 2 N–H and O–H groups in total. The lowest BCUT2D eigenvalue weighted by Gasteiger charge is -2.14. The van der Waals surface area contributed by atoms with Gasteiger partial charge in [0.2, 0.25) is 5.91 Å². The van der Waals surface area contributed by atoms with E-state index in [0.717, 1.165) is 10.5 Å². The van der Waals surface area contributed by atoms with Gasteiger partial charge in [-0.3, -0.25) is 9.59 Å². The van der Waals surface area contributed by atoms with Gasteiger partial charge >= 0.3 is 6.03 Å². The zero-order chi connectivity index (χ0) is 26.4. The average molecular weight is 568 g/mol. The van der Waals surface area contributed by atoms with E-state index in [1.807, 2.05) is 37.3 Å². The van der Waals surface area contributed by atoms with Crippen LogP contribution in [0, 0.1) is 5.82 Å². The number of hydrogen-bond donors (Lipinski definition) is 2. The van der Waals surface area contributed by atoms with E-state index in [0.29, 0.717) is 34.7 Å². The fourth-order valence-corrected chi connectivity index (χ4v) is 3.98. The molecule has 37 heavy (non-hydrogen) atoms. The van der Waals surface area contributed by atoms with E-state index >= 15 is 0 Å². The SMILES string of the molecule is CCOc1cc(/C=C2/NC(=O)N(CC(=O)Nc3ccccc3F)C2=O)c(Br)cc1OCc1ccccc1. The van der Waals surface area contributed by atoms with Crippen molar-refractivity contribution in [2.75, 3.05) is 18.5 Å². The average Bonchev–Trinajstić information content (AvgIpc) is 3.14. The summed E-state index contributed by atoms with van der Waals surface area (Å²) in [5.41, 5.74) is 1.48. The molecule has 3 aromatic rings. The van der Waals surface area contributed by atoms with Crippen LogP contribution in [0.2, 0.25) is 0 Å². The molecule has 0 aliphatic carbocycles. The number of hydrogen-bond acceptors (Lipinski definition) is 5. The summed E-state index contributed by atoms with van der Waals surface area (Å²) in [6.45, 7) is 1.99. The molecule has 0 spiro atoms. The maximum atomic E-state index is 13.8. The minimum Gasteiger partial charge on any atom is -0.490 e. The van der Waals surface area contributed by atoms with Gasteiger partial charge in [0.05, 0.1) is 12.3 Å². The first-order valence-corrected chi connectivity index (χ1v) is 12.2. The Balaban J connectivity index is 1.50. The summed E-state index contributed by atoms with van der Waals surface area (Å²) < 4.78 is 26.1. The number of para-hydroxylation sites is 1. The van der Waals surface area contributed by atoms with Gasteiger partial charge in [-0.2, -0.15) is 0 Å². The van der Waals surface area contributed by atoms with Crippen LogP contribution in [0.3, 0.4) is 0 Å². The third kappa shape index (κ3) is 6.34. The Morgan fingerprint density at radius 2 is 1.76 bits per heavy atom. The predicted octanol–water partition coefficient (Wildman–Crippen LogP) is 5.10. The number of imide groups is 1. The van der Waals surface area contributed by atoms with E-state index in [1.54, 1.807) is 18.2 Å². The summed E-state index contributed by atoms with van der Waals surface area (Å²) in [4.78, 5) is 38.4. The third-order valence-corrected chi connectivity index (χ3v) is 6.00. The molecule has 0 saturated carbocycles. The van der Waals surface area contributed by atoms with Gasteiger partial charge in [-0.05, 0) is 48.4 Å². The summed E-state index contributed by atoms with van der Waals surface area (Å²) in [5, 5.41) is 4.83. The van der Waals surface area contributed by atoms with E-state index in [-0.39, 0.29) is 11.4 Å². The number of rotatable bonds is 9. The van der Waals surface area contributed by atoms with E-state index in [4.69, 9.17) is 9.47 Å². The molecule has 4 amide bonds. The number of carbonyl (C=O) groups excluding carboxylic acids is 3. The standard InChI is InChI=1S/C27H23BrFN3O5/c1-2-36-23-13-18(19(28)14-24(23)37-16-17-8-4-3-5-9-17)12-22-26(34)32(27(35)31-22)15-25(33)30-21-11-7-6-10-20(21)29/h3-14H,2,15-16H2,1H3,(H,30,33)(H,31,35)/b22-12+. The lowest BCUT2D eigenvalue weighted by atomic mass is 10.1. The summed E-state index contributed by atoms with van der Waals surface area (Å²) in [6, 6.07) is 17.9. The van der Waals surface area contributed by atoms with Crippen molar-refractivity contribution < 1.29 is 28.2 Å². The number of benzene rings is 3. The molecule has 10 heteroatoms. The molecule has 1 aliphatic heterocycles. The molecule has 0 unspecified atom stereocenters. The maximum absolute atomic E-state index is 13.8. The molecule has 1 aliphatic rings. The monoisotopic (exact) mass is 567 g/mol. The normalized spacial score (nSPS) is 14.0. The summed E-state index contributed by atoms with van der Waals surface area (Å²) >= 11 is 3.48. The first kappa shape index (κ1) is 25.9. The second-order valence-corrected chi connectivity index (χ2v) is 8.79. The zero-order valence-electron chi connectivity index (χ0n) is 19.8. The highest BCUT2D eigenvalue weighted by atomic mass is 79.9. The van der Waals surface area contributed by atoms with Gasteiger partial charge in [-0.1, -0.05) is 58.4 Å². The van der Waals surface area contributed by atoms with E-state index in [2.05, 4.69) is 26.6 Å². The first-order chi connectivity index (χ1) is 17.9. The summed E-state index contributed by atoms with van der Waals surface area (Å²) in [6.07, 6.45) is 1.47. The Morgan fingerprint density at radius 3 is 2.49 bits per heavy atom. The minimum absolute atomic E-state index is 0.0233. The quantitative estimate of drug-likeness (QED) is 0.277.